The van der Waals surface area contributed by atoms with E-state index in [1.165, 1.54) is 12.0 Å². The molecular weight excluding hydrogens is 176 g/mol. The van der Waals surface area contributed by atoms with Gasteiger partial charge in [0.15, 0.2) is 5.82 Å². The molecule has 1 aliphatic carbocycles. The Balaban J connectivity index is 2.34. The largest absolute Gasteiger partial charge is 0.307 e. The van der Waals surface area contributed by atoms with Crippen LogP contribution in [0.1, 0.15) is 31.5 Å². The van der Waals surface area contributed by atoms with Crippen LogP contribution in [0.15, 0.2) is 6.07 Å². The maximum absolute atomic E-state index is 5.30. The molecule has 0 fully saturated rings. The second-order valence-electron chi connectivity index (χ2n) is 4.69. The highest BCUT2D eigenvalue weighted by Gasteiger charge is 2.26. The lowest BCUT2D eigenvalue weighted by Gasteiger charge is -2.30. The molecule has 14 heavy (non-hydrogen) atoms. The van der Waals surface area contributed by atoms with Crippen LogP contribution in [0.5, 0.6) is 0 Å². The van der Waals surface area contributed by atoms with Crippen molar-refractivity contribution in [3.8, 4) is 0 Å². The third kappa shape index (κ3) is 1.70. The number of nitrogens with two attached hydrogens (primary N) is 1. The summed E-state index contributed by atoms with van der Waals surface area (Å²) in [7, 11) is 0. The zero-order chi connectivity index (χ0) is 10.2. The van der Waals surface area contributed by atoms with Gasteiger partial charge in [0.25, 0.3) is 0 Å². The van der Waals surface area contributed by atoms with Crippen molar-refractivity contribution in [1.82, 2.24) is 10.2 Å². The molecule has 0 bridgehead atoms. The monoisotopic (exact) mass is 192 g/mol. The average Bonchev–Trinajstić information content (AvgIpc) is 2.15. The van der Waals surface area contributed by atoms with Gasteiger partial charge in [0.1, 0.15) is 0 Å². The Morgan fingerprint density at radius 3 is 2.93 bits per heavy atom. The standard InChI is InChI=1S/C10H16N4/c1-10(2)4-3-8-7(6-10)5-9(12-11)14-13-8/h5H,3-4,6,11H2,1-2H3,(H,12,14). The lowest BCUT2D eigenvalue weighted by atomic mass is 9.76. The summed E-state index contributed by atoms with van der Waals surface area (Å²) in [5.41, 5.74) is 5.32. The van der Waals surface area contributed by atoms with Crippen molar-refractivity contribution in [2.24, 2.45) is 11.3 Å². The van der Waals surface area contributed by atoms with Crippen LogP contribution in [0, 0.1) is 5.41 Å². The molecule has 4 heteroatoms. The molecule has 76 valence electrons. The Bertz CT molecular complexity index is 346. The number of hydrogen-bond acceptors (Lipinski definition) is 4. The van der Waals surface area contributed by atoms with Crippen LogP contribution < -0.4 is 11.3 Å². The highest BCUT2D eigenvalue weighted by Crippen LogP contribution is 2.33. The van der Waals surface area contributed by atoms with E-state index in [1.807, 2.05) is 6.07 Å². The molecule has 0 saturated carbocycles. The van der Waals surface area contributed by atoms with Crippen molar-refractivity contribution >= 4 is 5.82 Å². The molecule has 1 aliphatic rings. The third-order valence-electron chi connectivity index (χ3n) is 2.82. The molecular formula is C10H16N4. The zero-order valence-electron chi connectivity index (χ0n) is 8.67. The summed E-state index contributed by atoms with van der Waals surface area (Å²) in [6, 6.07) is 2.00. The van der Waals surface area contributed by atoms with Gasteiger partial charge in [0, 0.05) is 0 Å². The van der Waals surface area contributed by atoms with E-state index in [2.05, 4.69) is 29.5 Å². The number of nitrogens with one attached hydrogen (secondary N) is 1. The minimum Gasteiger partial charge on any atom is -0.307 e. The Kier molecular flexibility index (Phi) is 2.15. The maximum Gasteiger partial charge on any atom is 0.162 e. The summed E-state index contributed by atoms with van der Waals surface area (Å²) >= 11 is 0. The molecule has 1 aromatic heterocycles. The fraction of sp³-hybridized carbons (Fsp3) is 0.600. The van der Waals surface area contributed by atoms with Gasteiger partial charge in [-0.2, -0.15) is 5.10 Å². The van der Waals surface area contributed by atoms with E-state index in [4.69, 9.17) is 5.84 Å². The molecule has 0 amide bonds. The number of aryl methyl sites for hydroxylation is 1. The minimum atomic E-state index is 0.377. The van der Waals surface area contributed by atoms with Gasteiger partial charge in [0.05, 0.1) is 5.69 Å². The molecule has 2 rings (SSSR count). The molecule has 0 spiro atoms. The third-order valence-corrected chi connectivity index (χ3v) is 2.82. The Morgan fingerprint density at radius 2 is 2.21 bits per heavy atom. The minimum absolute atomic E-state index is 0.377. The van der Waals surface area contributed by atoms with Crippen molar-refractivity contribution in [2.75, 3.05) is 5.43 Å². The SMILES string of the molecule is CC1(C)CCc2nnc(NN)cc2C1. The number of aromatic nitrogens is 2. The topological polar surface area (TPSA) is 63.8 Å². The predicted molar refractivity (Wildman–Crippen MR) is 55.6 cm³/mol. The van der Waals surface area contributed by atoms with E-state index >= 15 is 0 Å². The van der Waals surface area contributed by atoms with Crippen LogP contribution in [-0.2, 0) is 12.8 Å². The van der Waals surface area contributed by atoms with Gasteiger partial charge in [-0.05, 0) is 36.3 Å². The quantitative estimate of drug-likeness (QED) is 0.519. The van der Waals surface area contributed by atoms with Crippen LogP contribution in [0.3, 0.4) is 0 Å². The van der Waals surface area contributed by atoms with Crippen molar-refractivity contribution in [3.63, 3.8) is 0 Å². The summed E-state index contributed by atoms with van der Waals surface area (Å²) in [5, 5.41) is 8.14. The molecule has 1 aromatic rings. The molecule has 0 saturated heterocycles. The number of nitrogen functional groups attached to an aromatic ring is 1. The maximum atomic E-state index is 5.30. The van der Waals surface area contributed by atoms with Crippen LogP contribution in [0.4, 0.5) is 5.82 Å². The summed E-state index contributed by atoms with van der Waals surface area (Å²) in [6.07, 6.45) is 3.27. The van der Waals surface area contributed by atoms with Gasteiger partial charge in [-0.15, -0.1) is 5.10 Å². The van der Waals surface area contributed by atoms with E-state index < -0.39 is 0 Å². The van der Waals surface area contributed by atoms with Crippen LogP contribution in [0.25, 0.3) is 0 Å². The first kappa shape index (κ1) is 9.40. The Labute approximate surface area is 83.9 Å². The van der Waals surface area contributed by atoms with Crippen LogP contribution in [-0.4, -0.2) is 10.2 Å². The summed E-state index contributed by atoms with van der Waals surface area (Å²) in [5.74, 6) is 5.95. The van der Waals surface area contributed by atoms with Gasteiger partial charge < -0.3 is 5.43 Å². The van der Waals surface area contributed by atoms with Crippen molar-refractivity contribution in [2.45, 2.75) is 33.1 Å². The second kappa shape index (κ2) is 3.20. The van der Waals surface area contributed by atoms with E-state index in [1.54, 1.807) is 0 Å². The molecule has 0 atom stereocenters. The molecule has 1 heterocycles. The van der Waals surface area contributed by atoms with Gasteiger partial charge in [-0.3, -0.25) is 0 Å². The molecule has 4 nitrogen and oxygen atoms in total. The van der Waals surface area contributed by atoms with Gasteiger partial charge in [-0.1, -0.05) is 13.8 Å². The van der Waals surface area contributed by atoms with Crippen molar-refractivity contribution in [3.05, 3.63) is 17.3 Å². The number of fused-ring (bicyclic) bond motifs is 1. The number of hydrogen-bond donors (Lipinski definition) is 2. The summed E-state index contributed by atoms with van der Waals surface area (Å²) in [6.45, 7) is 4.57. The lowest BCUT2D eigenvalue weighted by molar-refractivity contribution is 0.311. The van der Waals surface area contributed by atoms with Gasteiger partial charge in [0.2, 0.25) is 0 Å². The van der Waals surface area contributed by atoms with E-state index in [0.717, 1.165) is 18.5 Å². The fourth-order valence-corrected chi connectivity index (χ4v) is 1.95. The number of nitrogens with zero attached hydrogens (tertiary/aromatic N) is 2. The fourth-order valence-electron chi connectivity index (χ4n) is 1.95. The summed E-state index contributed by atoms with van der Waals surface area (Å²) < 4.78 is 0. The smallest absolute Gasteiger partial charge is 0.162 e. The normalized spacial score (nSPS) is 18.8. The van der Waals surface area contributed by atoms with Crippen LogP contribution >= 0.6 is 0 Å². The lowest BCUT2D eigenvalue weighted by Crippen LogP contribution is -2.24. The zero-order valence-corrected chi connectivity index (χ0v) is 8.67. The molecule has 0 radical (unpaired) electrons. The highest BCUT2D eigenvalue weighted by atomic mass is 15.3. The first-order valence-electron chi connectivity index (χ1n) is 4.93. The van der Waals surface area contributed by atoms with Crippen molar-refractivity contribution < 1.29 is 0 Å². The molecule has 0 unspecified atom stereocenters. The van der Waals surface area contributed by atoms with Gasteiger partial charge >= 0.3 is 0 Å². The highest BCUT2D eigenvalue weighted by molar-refractivity contribution is 5.38. The van der Waals surface area contributed by atoms with E-state index in [0.29, 0.717) is 11.2 Å². The Morgan fingerprint density at radius 1 is 1.43 bits per heavy atom. The van der Waals surface area contributed by atoms with Gasteiger partial charge in [-0.25, -0.2) is 5.84 Å². The molecule has 0 aromatic carbocycles. The number of anilines is 1. The number of hydrazine groups is 1. The van der Waals surface area contributed by atoms with E-state index in [-0.39, 0.29) is 0 Å². The van der Waals surface area contributed by atoms with Crippen molar-refractivity contribution in [1.29, 1.82) is 0 Å². The van der Waals surface area contributed by atoms with E-state index in [9.17, 15) is 0 Å². The first-order chi connectivity index (χ1) is 6.61. The first-order valence-corrected chi connectivity index (χ1v) is 4.93. The van der Waals surface area contributed by atoms with Crippen LogP contribution in [0.2, 0.25) is 0 Å². The molecule has 3 N–H and O–H groups in total. The molecule has 0 aliphatic heterocycles. The number of rotatable bonds is 1. The second-order valence-corrected chi connectivity index (χ2v) is 4.69. The summed E-state index contributed by atoms with van der Waals surface area (Å²) in [4.78, 5) is 0. The average molecular weight is 192 g/mol. The predicted octanol–water partition coefficient (Wildman–Crippen LogP) is 1.28. The Hall–Kier alpha value is -1.16.